The normalized spacial score (nSPS) is 16.5. The highest BCUT2D eigenvalue weighted by molar-refractivity contribution is 5.41. The van der Waals surface area contributed by atoms with E-state index in [1.807, 2.05) is 0 Å². The first-order chi connectivity index (χ1) is 10.2. The number of hydrogen-bond donors (Lipinski definition) is 2. The molecule has 1 aromatic carbocycles. The summed E-state index contributed by atoms with van der Waals surface area (Å²) in [6.45, 7) is 2.94. The SMILES string of the molecule is OCCC#Cc1cc(F)ccc1CN1CCC(CO)CC1. The van der Waals surface area contributed by atoms with E-state index in [4.69, 9.17) is 10.2 Å². The van der Waals surface area contributed by atoms with Crippen LogP contribution in [0.25, 0.3) is 0 Å². The van der Waals surface area contributed by atoms with Gasteiger partial charge < -0.3 is 10.2 Å². The van der Waals surface area contributed by atoms with Crippen LogP contribution < -0.4 is 0 Å². The van der Waals surface area contributed by atoms with Gasteiger partial charge in [0.1, 0.15) is 5.82 Å². The Balaban J connectivity index is 2.04. The maximum absolute atomic E-state index is 13.4. The molecule has 114 valence electrons. The summed E-state index contributed by atoms with van der Waals surface area (Å²) in [7, 11) is 0. The van der Waals surface area contributed by atoms with Gasteiger partial charge in [0, 0.05) is 25.1 Å². The molecule has 0 spiro atoms. The van der Waals surface area contributed by atoms with Crippen LogP contribution in [0.2, 0.25) is 0 Å². The van der Waals surface area contributed by atoms with E-state index in [1.54, 1.807) is 6.07 Å². The molecular weight excluding hydrogens is 269 g/mol. The summed E-state index contributed by atoms with van der Waals surface area (Å²) in [5, 5.41) is 17.9. The van der Waals surface area contributed by atoms with Crippen LogP contribution in [0.4, 0.5) is 4.39 Å². The molecule has 21 heavy (non-hydrogen) atoms. The average Bonchev–Trinajstić information content (AvgIpc) is 2.51. The molecule has 0 unspecified atom stereocenters. The zero-order valence-corrected chi connectivity index (χ0v) is 12.2. The van der Waals surface area contributed by atoms with E-state index in [0.29, 0.717) is 17.9 Å². The summed E-state index contributed by atoms with van der Waals surface area (Å²) in [5.74, 6) is 5.93. The van der Waals surface area contributed by atoms with Crippen molar-refractivity contribution in [3.05, 3.63) is 35.1 Å². The standard InChI is InChI=1S/C17H22FNO2/c18-17-5-4-16(15(11-17)3-1-2-10-20)12-19-8-6-14(13-21)7-9-19/h4-5,11,14,20-21H,2,6-10,12-13H2. The van der Waals surface area contributed by atoms with Crippen LogP contribution in [0.3, 0.4) is 0 Å². The van der Waals surface area contributed by atoms with Crippen molar-refractivity contribution in [2.24, 2.45) is 5.92 Å². The number of piperidine rings is 1. The van der Waals surface area contributed by atoms with Crippen LogP contribution in [-0.2, 0) is 6.54 Å². The Morgan fingerprint density at radius 1 is 1.24 bits per heavy atom. The molecule has 0 saturated carbocycles. The molecular formula is C17H22FNO2. The fourth-order valence-electron chi connectivity index (χ4n) is 2.58. The second-order valence-electron chi connectivity index (χ2n) is 5.48. The maximum Gasteiger partial charge on any atom is 0.124 e. The Bertz CT molecular complexity index is 513. The van der Waals surface area contributed by atoms with Gasteiger partial charge in [0.2, 0.25) is 0 Å². The van der Waals surface area contributed by atoms with Crippen molar-refractivity contribution in [1.29, 1.82) is 0 Å². The predicted octanol–water partition coefficient (Wildman–Crippen LogP) is 1.76. The van der Waals surface area contributed by atoms with E-state index >= 15 is 0 Å². The van der Waals surface area contributed by atoms with Crippen LogP contribution in [0, 0.1) is 23.6 Å². The van der Waals surface area contributed by atoms with Gasteiger partial charge in [-0.1, -0.05) is 17.9 Å². The lowest BCUT2D eigenvalue weighted by atomic mass is 9.97. The molecule has 1 aliphatic heterocycles. The van der Waals surface area contributed by atoms with Gasteiger partial charge in [-0.25, -0.2) is 4.39 Å². The summed E-state index contributed by atoms with van der Waals surface area (Å²) < 4.78 is 13.4. The molecule has 0 aliphatic carbocycles. The van der Waals surface area contributed by atoms with Gasteiger partial charge in [-0.05, 0) is 49.5 Å². The molecule has 1 aliphatic rings. The van der Waals surface area contributed by atoms with Crippen molar-refractivity contribution in [2.45, 2.75) is 25.8 Å². The van der Waals surface area contributed by atoms with Crippen LogP contribution in [0.5, 0.6) is 0 Å². The quantitative estimate of drug-likeness (QED) is 0.831. The lowest BCUT2D eigenvalue weighted by Gasteiger charge is -2.31. The largest absolute Gasteiger partial charge is 0.396 e. The van der Waals surface area contributed by atoms with Crippen LogP contribution in [0.15, 0.2) is 18.2 Å². The van der Waals surface area contributed by atoms with Crippen molar-refractivity contribution in [2.75, 3.05) is 26.3 Å². The first-order valence-corrected chi connectivity index (χ1v) is 7.44. The van der Waals surface area contributed by atoms with Crippen molar-refractivity contribution in [3.63, 3.8) is 0 Å². The highest BCUT2D eigenvalue weighted by Crippen LogP contribution is 2.20. The van der Waals surface area contributed by atoms with E-state index < -0.39 is 0 Å². The first kappa shape index (κ1) is 16.0. The molecule has 0 amide bonds. The summed E-state index contributed by atoms with van der Waals surface area (Å²) in [6, 6.07) is 4.71. The third kappa shape index (κ3) is 4.82. The molecule has 1 saturated heterocycles. The predicted molar refractivity (Wildman–Crippen MR) is 80.1 cm³/mol. The summed E-state index contributed by atoms with van der Waals surface area (Å²) >= 11 is 0. The molecule has 1 fully saturated rings. The fraction of sp³-hybridized carbons (Fsp3) is 0.529. The van der Waals surface area contributed by atoms with Crippen LogP contribution >= 0.6 is 0 Å². The summed E-state index contributed by atoms with van der Waals surface area (Å²) in [5.41, 5.74) is 1.72. The highest BCUT2D eigenvalue weighted by atomic mass is 19.1. The topological polar surface area (TPSA) is 43.7 Å². The zero-order valence-electron chi connectivity index (χ0n) is 12.2. The Morgan fingerprint density at radius 2 is 2.00 bits per heavy atom. The number of hydrogen-bond acceptors (Lipinski definition) is 3. The molecule has 1 heterocycles. The second kappa shape index (κ2) is 8.14. The summed E-state index contributed by atoms with van der Waals surface area (Å²) in [6.07, 6.45) is 2.41. The highest BCUT2D eigenvalue weighted by Gasteiger charge is 2.19. The van der Waals surface area contributed by atoms with Crippen LogP contribution in [0.1, 0.15) is 30.4 Å². The van der Waals surface area contributed by atoms with Crippen LogP contribution in [-0.4, -0.2) is 41.4 Å². The minimum absolute atomic E-state index is 0.0202. The number of benzene rings is 1. The fourth-order valence-corrected chi connectivity index (χ4v) is 2.58. The molecule has 1 aromatic rings. The number of rotatable bonds is 4. The third-order valence-electron chi connectivity index (χ3n) is 3.89. The number of halogens is 1. The minimum Gasteiger partial charge on any atom is -0.396 e. The Kier molecular flexibility index (Phi) is 6.19. The number of likely N-dealkylation sites (tertiary alicyclic amines) is 1. The second-order valence-corrected chi connectivity index (χ2v) is 5.48. The van der Waals surface area contributed by atoms with Gasteiger partial charge >= 0.3 is 0 Å². The molecule has 0 radical (unpaired) electrons. The van der Waals surface area contributed by atoms with Gasteiger partial charge in [0.25, 0.3) is 0 Å². The maximum atomic E-state index is 13.4. The molecule has 2 N–H and O–H groups in total. The van der Waals surface area contributed by atoms with Gasteiger partial charge in [-0.15, -0.1) is 0 Å². The van der Waals surface area contributed by atoms with Crippen molar-refractivity contribution in [1.82, 2.24) is 4.90 Å². The van der Waals surface area contributed by atoms with Crippen molar-refractivity contribution < 1.29 is 14.6 Å². The third-order valence-corrected chi connectivity index (χ3v) is 3.89. The van der Waals surface area contributed by atoms with E-state index in [0.717, 1.165) is 38.0 Å². The van der Waals surface area contributed by atoms with E-state index in [9.17, 15) is 4.39 Å². The molecule has 2 rings (SSSR count). The van der Waals surface area contributed by atoms with E-state index in [2.05, 4.69) is 16.7 Å². The molecule has 0 aromatic heterocycles. The van der Waals surface area contributed by atoms with Gasteiger partial charge in [-0.3, -0.25) is 4.90 Å². The van der Waals surface area contributed by atoms with Gasteiger partial charge in [-0.2, -0.15) is 0 Å². The number of aliphatic hydroxyl groups is 2. The monoisotopic (exact) mass is 291 g/mol. The Labute approximate surface area is 125 Å². The molecule has 0 atom stereocenters. The van der Waals surface area contributed by atoms with E-state index in [1.165, 1.54) is 12.1 Å². The zero-order chi connectivity index (χ0) is 15.1. The lowest BCUT2D eigenvalue weighted by molar-refractivity contribution is 0.127. The summed E-state index contributed by atoms with van der Waals surface area (Å²) in [4.78, 5) is 2.32. The van der Waals surface area contributed by atoms with Crippen molar-refractivity contribution in [3.8, 4) is 11.8 Å². The number of aliphatic hydroxyl groups excluding tert-OH is 2. The van der Waals surface area contributed by atoms with Gasteiger partial charge in [0.15, 0.2) is 0 Å². The first-order valence-electron chi connectivity index (χ1n) is 7.44. The average molecular weight is 291 g/mol. The lowest BCUT2D eigenvalue weighted by Crippen LogP contribution is -2.34. The molecule has 0 bridgehead atoms. The Morgan fingerprint density at radius 3 is 2.67 bits per heavy atom. The smallest absolute Gasteiger partial charge is 0.124 e. The van der Waals surface area contributed by atoms with Crippen molar-refractivity contribution >= 4 is 0 Å². The Hall–Kier alpha value is -1.41. The van der Waals surface area contributed by atoms with E-state index in [-0.39, 0.29) is 19.0 Å². The number of nitrogens with zero attached hydrogens (tertiary/aromatic N) is 1. The van der Waals surface area contributed by atoms with Gasteiger partial charge in [0.05, 0.1) is 6.61 Å². The molecule has 4 heteroatoms. The minimum atomic E-state index is -0.286. The molecule has 3 nitrogen and oxygen atoms in total.